The molecule has 0 aliphatic rings. The highest BCUT2D eigenvalue weighted by Gasteiger charge is 2.11. The largest absolute Gasteiger partial charge is 0.375 e. The molecule has 2 rings (SSSR count). The molecule has 3 N–H and O–H groups in total. The summed E-state index contributed by atoms with van der Waals surface area (Å²) in [6.07, 6.45) is 1.32. The van der Waals surface area contributed by atoms with Crippen LogP contribution >= 0.6 is 11.3 Å². The Morgan fingerprint density at radius 3 is 2.93 bits per heavy atom. The lowest BCUT2D eigenvalue weighted by Gasteiger charge is -1.86. The third kappa shape index (κ3) is 1.44. The summed E-state index contributed by atoms with van der Waals surface area (Å²) in [5.74, 6) is 0. The van der Waals surface area contributed by atoms with Crippen LogP contribution in [0.3, 0.4) is 0 Å². The topological polar surface area (TPSA) is 97.8 Å². The quantitative estimate of drug-likeness (QED) is 0.581. The molecule has 0 bridgehead atoms. The zero-order valence-corrected chi connectivity index (χ0v) is 7.75. The van der Waals surface area contributed by atoms with E-state index in [4.69, 9.17) is 5.73 Å². The van der Waals surface area contributed by atoms with E-state index in [1.807, 2.05) is 0 Å². The highest BCUT2D eigenvalue weighted by atomic mass is 32.1. The Morgan fingerprint density at radius 2 is 2.43 bits per heavy atom. The van der Waals surface area contributed by atoms with Crippen LogP contribution in [0.1, 0.15) is 0 Å². The first-order valence-electron chi connectivity index (χ1n) is 3.71. The van der Waals surface area contributed by atoms with Crippen LogP contribution in [0.15, 0.2) is 17.6 Å². The number of H-pyrrole nitrogens is 1. The minimum Gasteiger partial charge on any atom is -0.375 e. The Balaban J connectivity index is 2.38. The van der Waals surface area contributed by atoms with Crippen LogP contribution in [0.4, 0.5) is 10.8 Å². The van der Waals surface area contributed by atoms with E-state index < -0.39 is 4.92 Å². The van der Waals surface area contributed by atoms with Crippen molar-refractivity contribution in [3.63, 3.8) is 0 Å². The van der Waals surface area contributed by atoms with Gasteiger partial charge < -0.3 is 10.7 Å². The smallest absolute Gasteiger partial charge is 0.287 e. The van der Waals surface area contributed by atoms with E-state index in [-0.39, 0.29) is 5.69 Å². The molecule has 2 aromatic rings. The van der Waals surface area contributed by atoms with Crippen molar-refractivity contribution in [2.45, 2.75) is 0 Å². The highest BCUT2D eigenvalue weighted by molar-refractivity contribution is 7.13. The molecule has 0 aromatic carbocycles. The van der Waals surface area contributed by atoms with Gasteiger partial charge in [-0.15, -0.1) is 11.3 Å². The molecular formula is C7H6N4O2S. The summed E-state index contributed by atoms with van der Waals surface area (Å²) in [5, 5.41) is 12.6. The Kier molecular flexibility index (Phi) is 1.93. The summed E-state index contributed by atoms with van der Waals surface area (Å²) in [6, 6.07) is 1.43. The van der Waals surface area contributed by atoms with E-state index in [0.717, 1.165) is 0 Å². The number of nitro groups is 1. The van der Waals surface area contributed by atoms with Gasteiger partial charge in [0, 0.05) is 11.4 Å². The van der Waals surface area contributed by atoms with Gasteiger partial charge in [-0.1, -0.05) is 0 Å². The number of hydrogen-bond acceptors (Lipinski definition) is 5. The molecule has 7 heteroatoms. The number of aromatic amines is 1. The van der Waals surface area contributed by atoms with E-state index in [1.165, 1.54) is 23.6 Å². The van der Waals surface area contributed by atoms with Crippen molar-refractivity contribution in [3.8, 4) is 11.4 Å². The number of aromatic nitrogens is 2. The highest BCUT2D eigenvalue weighted by Crippen LogP contribution is 2.24. The molecule has 2 heterocycles. The van der Waals surface area contributed by atoms with Gasteiger partial charge >= 0.3 is 0 Å². The molecule has 2 aromatic heterocycles. The van der Waals surface area contributed by atoms with Crippen LogP contribution in [0.2, 0.25) is 0 Å². The van der Waals surface area contributed by atoms with Crippen LogP contribution in [0.5, 0.6) is 0 Å². The first-order valence-corrected chi connectivity index (χ1v) is 4.59. The lowest BCUT2D eigenvalue weighted by Crippen LogP contribution is -1.83. The zero-order chi connectivity index (χ0) is 10.1. The van der Waals surface area contributed by atoms with E-state index in [0.29, 0.717) is 16.5 Å². The van der Waals surface area contributed by atoms with Gasteiger partial charge in [0.25, 0.3) is 5.69 Å². The summed E-state index contributed by atoms with van der Waals surface area (Å²) in [6.45, 7) is 0. The van der Waals surface area contributed by atoms with E-state index >= 15 is 0 Å². The number of hydrogen-bond donors (Lipinski definition) is 2. The maximum atomic E-state index is 10.4. The van der Waals surface area contributed by atoms with Crippen LogP contribution < -0.4 is 5.73 Å². The SMILES string of the molecule is Nc1nc(-c2cc([N+](=O)[O-])c[nH]2)cs1. The van der Waals surface area contributed by atoms with Crippen molar-refractivity contribution in [1.82, 2.24) is 9.97 Å². The molecule has 0 fully saturated rings. The van der Waals surface area contributed by atoms with Gasteiger partial charge in [-0.2, -0.15) is 0 Å². The van der Waals surface area contributed by atoms with Crippen molar-refractivity contribution in [1.29, 1.82) is 0 Å². The van der Waals surface area contributed by atoms with Gasteiger partial charge in [-0.3, -0.25) is 10.1 Å². The van der Waals surface area contributed by atoms with Gasteiger partial charge in [-0.25, -0.2) is 4.98 Å². The first kappa shape index (κ1) is 8.70. The minimum atomic E-state index is -0.463. The summed E-state index contributed by atoms with van der Waals surface area (Å²) in [5.41, 5.74) is 6.69. The maximum absolute atomic E-state index is 10.4. The fraction of sp³-hybridized carbons (Fsp3) is 0. The number of nitrogens with one attached hydrogen (secondary N) is 1. The number of anilines is 1. The van der Waals surface area contributed by atoms with Crippen molar-refractivity contribution < 1.29 is 4.92 Å². The second-order valence-electron chi connectivity index (χ2n) is 2.60. The second kappa shape index (κ2) is 3.11. The van der Waals surface area contributed by atoms with Gasteiger partial charge in [0.15, 0.2) is 5.13 Å². The summed E-state index contributed by atoms with van der Waals surface area (Å²) in [4.78, 5) is 16.7. The number of nitrogens with two attached hydrogens (primary N) is 1. The molecule has 0 aliphatic carbocycles. The molecule has 0 atom stereocenters. The van der Waals surface area contributed by atoms with Crippen molar-refractivity contribution in [3.05, 3.63) is 27.8 Å². The molecule has 0 spiro atoms. The second-order valence-corrected chi connectivity index (χ2v) is 3.49. The molecule has 72 valence electrons. The zero-order valence-electron chi connectivity index (χ0n) is 6.93. The normalized spacial score (nSPS) is 10.3. The van der Waals surface area contributed by atoms with Crippen LogP contribution in [0.25, 0.3) is 11.4 Å². The average Bonchev–Trinajstić information content (AvgIpc) is 2.70. The summed E-state index contributed by atoms with van der Waals surface area (Å²) in [7, 11) is 0. The Bertz CT molecular complexity index is 475. The monoisotopic (exact) mass is 210 g/mol. The van der Waals surface area contributed by atoms with Crippen LogP contribution in [0, 0.1) is 10.1 Å². The number of thiazole rings is 1. The molecule has 0 saturated heterocycles. The van der Waals surface area contributed by atoms with Gasteiger partial charge in [0.05, 0.1) is 22.5 Å². The average molecular weight is 210 g/mol. The lowest BCUT2D eigenvalue weighted by molar-refractivity contribution is -0.384. The molecule has 0 saturated carbocycles. The fourth-order valence-electron chi connectivity index (χ4n) is 1.05. The van der Waals surface area contributed by atoms with E-state index in [1.54, 1.807) is 5.38 Å². The molecule has 0 unspecified atom stereocenters. The number of nitrogens with zero attached hydrogens (tertiary/aromatic N) is 2. The van der Waals surface area contributed by atoms with Crippen molar-refractivity contribution >= 4 is 22.2 Å². The summed E-state index contributed by atoms with van der Waals surface area (Å²) < 4.78 is 0. The third-order valence-corrected chi connectivity index (χ3v) is 2.35. The van der Waals surface area contributed by atoms with Crippen molar-refractivity contribution in [2.24, 2.45) is 0 Å². The molecule has 14 heavy (non-hydrogen) atoms. The Hall–Kier alpha value is -1.89. The predicted octanol–water partition coefficient (Wildman–Crippen LogP) is 1.63. The molecule has 0 aliphatic heterocycles. The van der Waals surface area contributed by atoms with Crippen LogP contribution in [-0.2, 0) is 0 Å². The first-order chi connectivity index (χ1) is 6.66. The fourth-order valence-corrected chi connectivity index (χ4v) is 1.61. The van der Waals surface area contributed by atoms with Crippen molar-refractivity contribution in [2.75, 3.05) is 5.73 Å². The van der Waals surface area contributed by atoms with Gasteiger partial charge in [0.1, 0.15) is 0 Å². The van der Waals surface area contributed by atoms with Gasteiger partial charge in [-0.05, 0) is 0 Å². The predicted molar refractivity (Wildman–Crippen MR) is 53.0 cm³/mol. The Labute approximate surface area is 82.6 Å². The summed E-state index contributed by atoms with van der Waals surface area (Å²) >= 11 is 1.29. The molecule has 0 radical (unpaired) electrons. The lowest BCUT2D eigenvalue weighted by atomic mass is 10.3. The van der Waals surface area contributed by atoms with E-state index in [2.05, 4.69) is 9.97 Å². The molecule has 6 nitrogen and oxygen atoms in total. The minimum absolute atomic E-state index is 0.0200. The standard InChI is InChI=1S/C7H6N4O2S/c8-7-10-6(3-14-7)5-1-4(2-9-5)11(12)13/h1-3,9H,(H2,8,10). The van der Waals surface area contributed by atoms with Gasteiger partial charge in [0.2, 0.25) is 0 Å². The van der Waals surface area contributed by atoms with E-state index in [9.17, 15) is 10.1 Å². The number of rotatable bonds is 2. The number of nitrogen functional groups attached to an aromatic ring is 1. The maximum Gasteiger partial charge on any atom is 0.287 e. The molecule has 0 amide bonds. The molecular weight excluding hydrogens is 204 g/mol. The third-order valence-electron chi connectivity index (χ3n) is 1.68. The van der Waals surface area contributed by atoms with Crippen LogP contribution in [-0.4, -0.2) is 14.9 Å². The Morgan fingerprint density at radius 1 is 1.64 bits per heavy atom.